The molecule has 27 heavy (non-hydrogen) atoms. The predicted molar refractivity (Wildman–Crippen MR) is 110 cm³/mol. The Morgan fingerprint density at radius 3 is 2.19 bits per heavy atom. The van der Waals surface area contributed by atoms with E-state index in [0.717, 1.165) is 5.56 Å². The number of nitrogens with zero attached hydrogens (tertiary/aromatic N) is 1. The molecule has 0 aliphatic heterocycles. The highest BCUT2D eigenvalue weighted by atomic mass is 32.2. The van der Waals surface area contributed by atoms with E-state index in [1.54, 1.807) is 41.3 Å². The fourth-order valence-electron chi connectivity index (χ4n) is 2.62. The highest BCUT2D eigenvalue weighted by Gasteiger charge is 2.13. The van der Waals surface area contributed by atoms with Crippen molar-refractivity contribution < 1.29 is 14.0 Å². The first-order valence-electron chi connectivity index (χ1n) is 9.00. The summed E-state index contributed by atoms with van der Waals surface area (Å²) in [5.41, 5.74) is 2.25. The van der Waals surface area contributed by atoms with Crippen LogP contribution in [0.5, 0.6) is 0 Å². The van der Waals surface area contributed by atoms with E-state index < -0.39 is 0 Å². The molecule has 0 aliphatic rings. The number of carbonyl (C=O) groups is 2. The smallest absolute Gasteiger partial charge is 0.253 e. The van der Waals surface area contributed by atoms with Crippen molar-refractivity contribution in [1.29, 1.82) is 0 Å². The lowest BCUT2D eigenvalue weighted by molar-refractivity contribution is -0.113. The summed E-state index contributed by atoms with van der Waals surface area (Å²) in [6, 6.07) is 13.2. The number of thioether (sulfide) groups is 1. The molecule has 0 spiro atoms. The fraction of sp³-hybridized carbons (Fsp3) is 0.333. The average Bonchev–Trinajstić information content (AvgIpc) is 2.68. The lowest BCUT2D eigenvalue weighted by atomic mass is 10.2. The molecule has 2 rings (SSSR count). The van der Waals surface area contributed by atoms with E-state index in [2.05, 4.69) is 5.32 Å². The molecular formula is C21H25FN2O2S. The van der Waals surface area contributed by atoms with Gasteiger partial charge in [0, 0.05) is 29.6 Å². The van der Waals surface area contributed by atoms with Crippen LogP contribution in [-0.4, -0.2) is 35.6 Å². The third-order valence-corrected chi connectivity index (χ3v) is 5.47. The maximum atomic E-state index is 13.0. The molecule has 0 fully saturated rings. The van der Waals surface area contributed by atoms with Crippen molar-refractivity contribution in [3.05, 3.63) is 65.5 Å². The van der Waals surface area contributed by atoms with Crippen molar-refractivity contribution in [3.8, 4) is 0 Å². The molecule has 1 N–H and O–H groups in total. The van der Waals surface area contributed by atoms with Gasteiger partial charge in [-0.25, -0.2) is 4.39 Å². The van der Waals surface area contributed by atoms with Gasteiger partial charge in [0.25, 0.3) is 5.91 Å². The summed E-state index contributed by atoms with van der Waals surface area (Å²) in [4.78, 5) is 26.2. The standard InChI is InChI=1S/C21H25FN2O2S/c1-4-24(5-2)21(26)17-8-12-19(13-9-17)23-20(25)14-27-15(3)16-6-10-18(22)11-7-16/h6-13,15H,4-5,14H2,1-3H3,(H,23,25). The van der Waals surface area contributed by atoms with Gasteiger partial charge in [0.05, 0.1) is 5.75 Å². The summed E-state index contributed by atoms with van der Waals surface area (Å²) in [7, 11) is 0. The van der Waals surface area contributed by atoms with Gasteiger partial charge in [-0.1, -0.05) is 12.1 Å². The minimum atomic E-state index is -0.267. The van der Waals surface area contributed by atoms with Crippen LogP contribution in [0.3, 0.4) is 0 Å². The summed E-state index contributed by atoms with van der Waals surface area (Å²) >= 11 is 1.49. The van der Waals surface area contributed by atoms with Crippen LogP contribution < -0.4 is 5.32 Å². The van der Waals surface area contributed by atoms with Crippen LogP contribution in [0.1, 0.15) is 41.9 Å². The van der Waals surface area contributed by atoms with Gasteiger partial charge in [0.15, 0.2) is 0 Å². The van der Waals surface area contributed by atoms with Gasteiger partial charge < -0.3 is 10.2 Å². The zero-order chi connectivity index (χ0) is 19.8. The van der Waals surface area contributed by atoms with Crippen LogP contribution in [0.4, 0.5) is 10.1 Å². The van der Waals surface area contributed by atoms with Crippen LogP contribution in [0.15, 0.2) is 48.5 Å². The van der Waals surface area contributed by atoms with Crippen LogP contribution in [0.25, 0.3) is 0 Å². The van der Waals surface area contributed by atoms with E-state index in [1.165, 1.54) is 23.9 Å². The normalized spacial score (nSPS) is 11.7. The number of amides is 2. The van der Waals surface area contributed by atoms with E-state index in [9.17, 15) is 14.0 Å². The number of halogens is 1. The fourth-order valence-corrected chi connectivity index (χ4v) is 3.44. The van der Waals surface area contributed by atoms with Crippen LogP contribution >= 0.6 is 11.8 Å². The second-order valence-corrected chi connectivity index (χ2v) is 7.44. The van der Waals surface area contributed by atoms with E-state index in [-0.39, 0.29) is 22.9 Å². The van der Waals surface area contributed by atoms with Crippen molar-refractivity contribution in [2.24, 2.45) is 0 Å². The second kappa shape index (κ2) is 10.1. The van der Waals surface area contributed by atoms with Crippen molar-refractivity contribution >= 4 is 29.3 Å². The lowest BCUT2D eigenvalue weighted by Gasteiger charge is -2.18. The lowest BCUT2D eigenvalue weighted by Crippen LogP contribution is -2.30. The predicted octanol–water partition coefficient (Wildman–Crippen LogP) is 4.74. The first-order chi connectivity index (χ1) is 12.9. The molecule has 6 heteroatoms. The quantitative estimate of drug-likeness (QED) is 0.711. The largest absolute Gasteiger partial charge is 0.339 e. The summed E-state index contributed by atoms with van der Waals surface area (Å²) in [5.74, 6) is -0.103. The first-order valence-corrected chi connectivity index (χ1v) is 10.1. The van der Waals surface area contributed by atoms with Crippen molar-refractivity contribution in [2.75, 3.05) is 24.2 Å². The van der Waals surface area contributed by atoms with Crippen molar-refractivity contribution in [1.82, 2.24) is 4.90 Å². The SMILES string of the molecule is CCN(CC)C(=O)c1ccc(NC(=O)CSC(C)c2ccc(F)cc2)cc1. The van der Waals surface area contributed by atoms with Crippen LogP contribution in [-0.2, 0) is 4.79 Å². The number of carbonyl (C=O) groups excluding carboxylic acids is 2. The Labute approximate surface area is 164 Å². The molecule has 0 aromatic heterocycles. The number of rotatable bonds is 8. The zero-order valence-corrected chi connectivity index (χ0v) is 16.7. The third kappa shape index (κ3) is 6.10. The molecular weight excluding hydrogens is 363 g/mol. The minimum Gasteiger partial charge on any atom is -0.339 e. The zero-order valence-electron chi connectivity index (χ0n) is 15.9. The van der Waals surface area contributed by atoms with Crippen LogP contribution in [0, 0.1) is 5.82 Å². The van der Waals surface area contributed by atoms with E-state index in [1.807, 2.05) is 20.8 Å². The summed E-state index contributed by atoms with van der Waals surface area (Å²) in [6.45, 7) is 7.20. The van der Waals surface area contributed by atoms with Gasteiger partial charge >= 0.3 is 0 Å². The Morgan fingerprint density at radius 2 is 1.63 bits per heavy atom. The average molecular weight is 389 g/mol. The molecule has 2 aromatic carbocycles. The molecule has 2 aromatic rings. The van der Waals surface area contributed by atoms with Gasteiger partial charge in [-0.15, -0.1) is 11.8 Å². The van der Waals surface area contributed by atoms with Crippen molar-refractivity contribution in [2.45, 2.75) is 26.0 Å². The molecule has 2 amide bonds. The second-order valence-electron chi connectivity index (χ2n) is 6.11. The molecule has 1 unspecified atom stereocenters. The minimum absolute atomic E-state index is 0.0124. The van der Waals surface area contributed by atoms with Gasteiger partial charge in [-0.3, -0.25) is 9.59 Å². The first kappa shape index (κ1) is 21.0. The molecule has 0 aliphatic carbocycles. The van der Waals surface area contributed by atoms with Crippen LogP contribution in [0.2, 0.25) is 0 Å². The molecule has 0 saturated carbocycles. The maximum Gasteiger partial charge on any atom is 0.253 e. The summed E-state index contributed by atoms with van der Waals surface area (Å²) in [6.07, 6.45) is 0. The van der Waals surface area contributed by atoms with E-state index >= 15 is 0 Å². The molecule has 0 saturated heterocycles. The Balaban J connectivity index is 1.86. The molecule has 1 atom stereocenters. The number of nitrogens with one attached hydrogen (secondary N) is 1. The number of anilines is 1. The molecule has 144 valence electrons. The number of hydrogen-bond donors (Lipinski definition) is 1. The Bertz CT molecular complexity index is 759. The van der Waals surface area contributed by atoms with Gasteiger partial charge in [-0.2, -0.15) is 0 Å². The number of benzene rings is 2. The Kier molecular flexibility index (Phi) is 7.85. The molecule has 0 heterocycles. The van der Waals surface area contributed by atoms with E-state index in [4.69, 9.17) is 0 Å². The highest BCUT2D eigenvalue weighted by Crippen LogP contribution is 2.28. The third-order valence-electron chi connectivity index (χ3n) is 4.27. The monoisotopic (exact) mass is 388 g/mol. The number of hydrogen-bond acceptors (Lipinski definition) is 3. The molecule has 4 nitrogen and oxygen atoms in total. The van der Waals surface area contributed by atoms with Gasteiger partial charge in [0.2, 0.25) is 5.91 Å². The Hall–Kier alpha value is -2.34. The summed E-state index contributed by atoms with van der Waals surface area (Å²) in [5, 5.41) is 2.92. The topological polar surface area (TPSA) is 49.4 Å². The summed E-state index contributed by atoms with van der Waals surface area (Å²) < 4.78 is 13.0. The highest BCUT2D eigenvalue weighted by molar-refractivity contribution is 8.00. The van der Waals surface area contributed by atoms with Gasteiger partial charge in [-0.05, 0) is 62.7 Å². The molecule has 0 bridgehead atoms. The van der Waals surface area contributed by atoms with E-state index in [0.29, 0.717) is 30.1 Å². The van der Waals surface area contributed by atoms with Gasteiger partial charge in [0.1, 0.15) is 5.82 Å². The maximum absolute atomic E-state index is 13.0. The Morgan fingerprint density at radius 1 is 1.04 bits per heavy atom. The molecule has 0 radical (unpaired) electrons. The van der Waals surface area contributed by atoms with Crippen molar-refractivity contribution in [3.63, 3.8) is 0 Å².